The fraction of sp³-hybridized carbons (Fsp3) is 0. The lowest BCUT2D eigenvalue weighted by atomic mass is 10.0. The summed E-state index contributed by atoms with van der Waals surface area (Å²) < 4.78 is 11.4. The highest BCUT2D eigenvalue weighted by Crippen LogP contribution is 2.48. The van der Waals surface area contributed by atoms with Gasteiger partial charge in [-0.15, -0.1) is 11.3 Å². The van der Waals surface area contributed by atoms with E-state index in [2.05, 4.69) is 114 Å². The van der Waals surface area contributed by atoms with Crippen LogP contribution in [0.2, 0.25) is 0 Å². The zero-order valence-electron chi connectivity index (χ0n) is 20.1. The molecular formula is C34H19NOS2. The van der Waals surface area contributed by atoms with E-state index in [1.165, 1.54) is 68.9 Å². The normalized spacial score (nSPS) is 12.2. The molecule has 0 atom stereocenters. The van der Waals surface area contributed by atoms with Crippen molar-refractivity contribution in [1.29, 1.82) is 0 Å². The Hall–Kier alpha value is -4.38. The number of hydrogen-bond donors (Lipinski definition) is 0. The molecule has 4 heteroatoms. The number of para-hydroxylation sites is 2. The summed E-state index contributed by atoms with van der Waals surface area (Å²) in [5, 5.41) is 7.58. The van der Waals surface area contributed by atoms with E-state index < -0.39 is 0 Å². The second-order valence-electron chi connectivity index (χ2n) is 9.70. The molecule has 0 spiro atoms. The number of aromatic nitrogens is 1. The van der Waals surface area contributed by atoms with Gasteiger partial charge in [0.15, 0.2) is 4.90 Å². The topological polar surface area (TPSA) is 18.1 Å². The van der Waals surface area contributed by atoms with E-state index >= 15 is 0 Å². The fourth-order valence-electron chi connectivity index (χ4n) is 6.04. The maximum Gasteiger partial charge on any atom is 0.191 e. The van der Waals surface area contributed by atoms with Crippen molar-refractivity contribution in [3.05, 3.63) is 115 Å². The van der Waals surface area contributed by atoms with Crippen molar-refractivity contribution in [3.8, 4) is 16.8 Å². The standard InChI is InChI=1S/C34H19NOS2/c1-2-10-20(11-3-1)21-14-8-15-22-23-16-9-18-27(32(23)37-31(21)22)35-26-17-6-4-12-24(26)29-30-25-13-5-7-19-28(25)36-34(30)38-33(29)35/h1-19H. The van der Waals surface area contributed by atoms with Crippen LogP contribution in [-0.4, -0.2) is 4.57 Å². The summed E-state index contributed by atoms with van der Waals surface area (Å²) in [5.41, 5.74) is 5.95. The van der Waals surface area contributed by atoms with Gasteiger partial charge in [0.1, 0.15) is 10.4 Å². The molecule has 0 unspecified atom stereocenters. The highest BCUT2D eigenvalue weighted by atomic mass is 32.1. The van der Waals surface area contributed by atoms with E-state index in [1.54, 1.807) is 11.3 Å². The van der Waals surface area contributed by atoms with Gasteiger partial charge >= 0.3 is 0 Å². The molecule has 0 fully saturated rings. The smallest absolute Gasteiger partial charge is 0.191 e. The minimum Gasteiger partial charge on any atom is -0.445 e. The predicted octanol–water partition coefficient (Wildman–Crippen LogP) is 10.8. The molecule has 4 aromatic heterocycles. The molecule has 5 aromatic carbocycles. The van der Waals surface area contributed by atoms with Crippen LogP contribution in [0.25, 0.3) is 79.4 Å². The maximum atomic E-state index is 6.34. The Morgan fingerprint density at radius 3 is 2.13 bits per heavy atom. The Kier molecular flexibility index (Phi) is 4.12. The van der Waals surface area contributed by atoms with Crippen LogP contribution >= 0.6 is 22.7 Å². The van der Waals surface area contributed by atoms with Crippen LogP contribution in [0.1, 0.15) is 0 Å². The van der Waals surface area contributed by atoms with E-state index in [1.807, 2.05) is 17.4 Å². The molecule has 0 saturated carbocycles. The van der Waals surface area contributed by atoms with Crippen molar-refractivity contribution in [3.63, 3.8) is 0 Å². The summed E-state index contributed by atoms with van der Waals surface area (Å²) in [6.07, 6.45) is 0. The van der Waals surface area contributed by atoms with Crippen molar-refractivity contribution in [1.82, 2.24) is 4.57 Å². The van der Waals surface area contributed by atoms with Gasteiger partial charge in [0.05, 0.1) is 15.9 Å². The number of fused-ring (bicyclic) bond motifs is 10. The lowest BCUT2D eigenvalue weighted by Gasteiger charge is -2.08. The van der Waals surface area contributed by atoms with Gasteiger partial charge < -0.3 is 4.42 Å². The highest BCUT2D eigenvalue weighted by molar-refractivity contribution is 7.27. The maximum absolute atomic E-state index is 6.34. The third-order valence-electron chi connectivity index (χ3n) is 7.66. The Morgan fingerprint density at radius 2 is 1.24 bits per heavy atom. The van der Waals surface area contributed by atoms with E-state index in [0.717, 1.165) is 10.5 Å². The van der Waals surface area contributed by atoms with Crippen molar-refractivity contribution >= 4 is 85.2 Å². The third kappa shape index (κ3) is 2.66. The van der Waals surface area contributed by atoms with Crippen LogP contribution in [0.4, 0.5) is 0 Å². The highest BCUT2D eigenvalue weighted by Gasteiger charge is 2.23. The molecule has 178 valence electrons. The van der Waals surface area contributed by atoms with Gasteiger partial charge in [0.25, 0.3) is 0 Å². The van der Waals surface area contributed by atoms with E-state index in [0.29, 0.717) is 0 Å². The first-order valence-electron chi connectivity index (χ1n) is 12.7. The van der Waals surface area contributed by atoms with Gasteiger partial charge in [-0.2, -0.15) is 0 Å². The Balaban J connectivity index is 1.42. The van der Waals surface area contributed by atoms with Crippen LogP contribution in [-0.2, 0) is 0 Å². The largest absolute Gasteiger partial charge is 0.445 e. The van der Waals surface area contributed by atoms with Crippen molar-refractivity contribution in [2.75, 3.05) is 0 Å². The van der Waals surface area contributed by atoms with Crippen LogP contribution in [0, 0.1) is 0 Å². The summed E-state index contributed by atoms with van der Waals surface area (Å²) in [5.74, 6) is 0. The van der Waals surface area contributed by atoms with Gasteiger partial charge in [-0.05, 0) is 29.3 Å². The van der Waals surface area contributed by atoms with Crippen LogP contribution in [0.3, 0.4) is 0 Å². The number of furan rings is 1. The zero-order chi connectivity index (χ0) is 24.8. The van der Waals surface area contributed by atoms with Crippen LogP contribution < -0.4 is 0 Å². The molecule has 0 radical (unpaired) electrons. The lowest BCUT2D eigenvalue weighted by Crippen LogP contribution is -1.92. The second kappa shape index (κ2) is 7.57. The first-order valence-corrected chi connectivity index (χ1v) is 14.3. The molecule has 0 amide bonds. The molecule has 0 aliphatic carbocycles. The van der Waals surface area contributed by atoms with Crippen LogP contribution in [0.5, 0.6) is 0 Å². The van der Waals surface area contributed by atoms with Gasteiger partial charge in [-0.3, -0.25) is 4.57 Å². The number of nitrogens with zero attached hydrogens (tertiary/aromatic N) is 1. The van der Waals surface area contributed by atoms with E-state index in [9.17, 15) is 0 Å². The molecule has 9 aromatic rings. The summed E-state index contributed by atoms with van der Waals surface area (Å²) in [6, 6.07) is 41.3. The molecule has 38 heavy (non-hydrogen) atoms. The summed E-state index contributed by atoms with van der Waals surface area (Å²) >= 11 is 3.65. The Bertz CT molecular complexity index is 2350. The molecule has 0 bridgehead atoms. The fourth-order valence-corrected chi connectivity index (χ4v) is 8.60. The molecule has 0 saturated heterocycles. The van der Waals surface area contributed by atoms with Gasteiger partial charge in [-0.1, -0.05) is 108 Å². The first-order chi connectivity index (χ1) is 18.9. The molecule has 4 heterocycles. The number of rotatable bonds is 2. The van der Waals surface area contributed by atoms with Gasteiger partial charge in [0, 0.05) is 37.0 Å². The molecular weight excluding hydrogens is 503 g/mol. The van der Waals surface area contributed by atoms with E-state index in [4.69, 9.17) is 4.42 Å². The first kappa shape index (κ1) is 20.7. The Labute approximate surface area is 225 Å². The van der Waals surface area contributed by atoms with E-state index in [-0.39, 0.29) is 0 Å². The quantitative estimate of drug-likeness (QED) is 0.221. The summed E-state index contributed by atoms with van der Waals surface area (Å²) in [4.78, 5) is 2.23. The minimum atomic E-state index is 0.951. The number of benzene rings is 5. The third-order valence-corrected chi connectivity index (χ3v) is 9.99. The molecule has 9 rings (SSSR count). The predicted molar refractivity (Wildman–Crippen MR) is 164 cm³/mol. The number of hydrogen-bond acceptors (Lipinski definition) is 3. The van der Waals surface area contributed by atoms with Crippen molar-refractivity contribution in [2.45, 2.75) is 0 Å². The molecule has 2 nitrogen and oxygen atoms in total. The van der Waals surface area contributed by atoms with Crippen molar-refractivity contribution in [2.24, 2.45) is 0 Å². The molecule has 0 aliphatic rings. The average Bonchev–Trinajstić information content (AvgIpc) is 3.70. The van der Waals surface area contributed by atoms with Gasteiger partial charge in [0.2, 0.25) is 0 Å². The molecule has 0 aliphatic heterocycles. The Morgan fingerprint density at radius 1 is 0.526 bits per heavy atom. The van der Waals surface area contributed by atoms with Crippen LogP contribution in [0.15, 0.2) is 120 Å². The lowest BCUT2D eigenvalue weighted by molar-refractivity contribution is 0.678. The van der Waals surface area contributed by atoms with Gasteiger partial charge in [-0.25, -0.2) is 0 Å². The minimum absolute atomic E-state index is 0.951. The monoisotopic (exact) mass is 521 g/mol. The summed E-state index contributed by atoms with van der Waals surface area (Å²) in [6.45, 7) is 0. The second-order valence-corrected chi connectivity index (χ2v) is 11.7. The number of thiophene rings is 2. The summed E-state index contributed by atoms with van der Waals surface area (Å²) in [7, 11) is 0. The average molecular weight is 522 g/mol. The SMILES string of the molecule is c1ccc(-c2cccc3c2sc2c(-n4c5ccccc5c5c6c(oc7ccccc76)sc54)cccc23)cc1. The van der Waals surface area contributed by atoms with Crippen molar-refractivity contribution < 1.29 is 4.42 Å². The molecule has 0 N–H and O–H groups in total. The zero-order valence-corrected chi connectivity index (χ0v) is 21.8.